The van der Waals surface area contributed by atoms with Gasteiger partial charge in [-0.05, 0) is 55.7 Å². The third-order valence-electron chi connectivity index (χ3n) is 9.61. The molecule has 6 rings (SSSR count). The third kappa shape index (κ3) is 3.87. The standard InChI is InChI=1S/C31H25Cl2F5N2O5/c1-4-7-39-26(42)15-6-5-14-16(17(15)27(39)43)10-30(32)28(44)40(24-22(37)20(35)19(34)21(36)23(24)38)29(45)31(30,33)18(14)13-8-11(2)25(41)12(3)9-13/h5,8-9,15-18,41H,4,6-7,10H2,1-3H3. The van der Waals surface area contributed by atoms with Crippen LogP contribution in [-0.4, -0.2) is 49.9 Å². The Morgan fingerprint density at radius 3 is 1.98 bits per heavy atom. The van der Waals surface area contributed by atoms with Crippen molar-refractivity contribution in [2.75, 3.05) is 11.4 Å². The van der Waals surface area contributed by atoms with E-state index in [1.807, 2.05) is 0 Å². The second-order valence-corrected chi connectivity index (χ2v) is 13.3. The first-order chi connectivity index (χ1) is 21.0. The van der Waals surface area contributed by atoms with Gasteiger partial charge < -0.3 is 5.11 Å². The van der Waals surface area contributed by atoms with Gasteiger partial charge in [0.15, 0.2) is 33.0 Å². The average Bonchev–Trinajstić information content (AvgIpc) is 3.32. The first-order valence-electron chi connectivity index (χ1n) is 14.2. The minimum Gasteiger partial charge on any atom is -0.507 e. The summed E-state index contributed by atoms with van der Waals surface area (Å²) < 4.78 is 72.8. The Kier molecular flexibility index (Phi) is 7.17. The number of hydrogen-bond donors (Lipinski definition) is 1. The van der Waals surface area contributed by atoms with E-state index in [-0.39, 0.29) is 29.2 Å². The van der Waals surface area contributed by atoms with E-state index in [4.69, 9.17) is 23.2 Å². The van der Waals surface area contributed by atoms with Gasteiger partial charge in [-0.15, -0.1) is 23.2 Å². The third-order valence-corrected chi connectivity index (χ3v) is 11.0. The van der Waals surface area contributed by atoms with Crippen molar-refractivity contribution in [3.63, 3.8) is 0 Å². The number of likely N-dealkylation sites (tertiary alicyclic amines) is 1. The molecular weight excluding hydrogens is 646 g/mol. The molecule has 4 amide bonds. The van der Waals surface area contributed by atoms with Gasteiger partial charge in [0.05, 0.1) is 11.8 Å². The summed E-state index contributed by atoms with van der Waals surface area (Å²) >= 11 is 14.2. The van der Waals surface area contributed by atoms with Crippen molar-refractivity contribution in [3.8, 4) is 5.75 Å². The van der Waals surface area contributed by atoms with Crippen LogP contribution in [0.15, 0.2) is 23.8 Å². The predicted octanol–water partition coefficient (Wildman–Crippen LogP) is 5.68. The molecule has 3 fully saturated rings. The van der Waals surface area contributed by atoms with E-state index in [0.29, 0.717) is 23.1 Å². The Labute approximate surface area is 263 Å². The van der Waals surface area contributed by atoms with Crippen molar-refractivity contribution in [3.05, 3.63) is 69.6 Å². The molecule has 2 aromatic carbocycles. The summed E-state index contributed by atoms with van der Waals surface area (Å²) in [5, 5.41) is 10.5. The van der Waals surface area contributed by atoms with Crippen molar-refractivity contribution in [2.45, 2.75) is 55.7 Å². The number of carbonyl (C=O) groups excluding carboxylic acids is 4. The zero-order valence-corrected chi connectivity index (χ0v) is 25.5. The highest BCUT2D eigenvalue weighted by atomic mass is 35.5. The molecule has 0 bridgehead atoms. The number of fused-ring (bicyclic) bond motifs is 4. The first-order valence-corrected chi connectivity index (χ1v) is 14.9. The second kappa shape index (κ2) is 10.2. The predicted molar refractivity (Wildman–Crippen MR) is 151 cm³/mol. The Hall–Kier alpha value is -3.51. The Morgan fingerprint density at radius 2 is 1.42 bits per heavy atom. The molecule has 2 saturated heterocycles. The highest BCUT2D eigenvalue weighted by Crippen LogP contribution is 2.66. The smallest absolute Gasteiger partial charge is 0.258 e. The number of amides is 4. The monoisotopic (exact) mass is 670 g/mol. The molecule has 6 atom stereocenters. The van der Waals surface area contributed by atoms with Crippen LogP contribution < -0.4 is 4.90 Å². The van der Waals surface area contributed by atoms with Crippen LogP contribution in [0.3, 0.4) is 0 Å². The van der Waals surface area contributed by atoms with Crippen LogP contribution in [0.25, 0.3) is 0 Å². The molecule has 45 heavy (non-hydrogen) atoms. The summed E-state index contributed by atoms with van der Waals surface area (Å²) in [5.41, 5.74) is -0.580. The summed E-state index contributed by atoms with van der Waals surface area (Å²) in [6, 6.07) is 2.93. The lowest BCUT2D eigenvalue weighted by Crippen LogP contribution is -2.60. The summed E-state index contributed by atoms with van der Waals surface area (Å²) in [4.78, 5) is 51.1. The zero-order chi connectivity index (χ0) is 33.1. The summed E-state index contributed by atoms with van der Waals surface area (Å²) in [5.74, 6) is -20.5. The molecular formula is C31H25Cl2F5N2O5. The number of rotatable bonds is 4. The van der Waals surface area contributed by atoms with Gasteiger partial charge in [0.25, 0.3) is 11.8 Å². The molecule has 7 nitrogen and oxygen atoms in total. The number of allylic oxidation sites excluding steroid dienone is 2. The van der Waals surface area contributed by atoms with E-state index in [0.717, 1.165) is 4.90 Å². The number of aryl methyl sites for hydroxylation is 2. The minimum atomic E-state index is -2.61. The van der Waals surface area contributed by atoms with E-state index < -0.39 is 98.2 Å². The molecule has 2 aliphatic heterocycles. The van der Waals surface area contributed by atoms with E-state index in [9.17, 15) is 37.5 Å². The number of alkyl halides is 2. The molecule has 2 heterocycles. The quantitative estimate of drug-likeness (QED) is 0.113. The summed E-state index contributed by atoms with van der Waals surface area (Å²) in [6.07, 6.45) is 1.62. The molecule has 0 radical (unpaired) electrons. The lowest BCUT2D eigenvalue weighted by Gasteiger charge is -2.50. The number of halogens is 7. The molecule has 14 heteroatoms. The number of anilines is 1. The number of carbonyl (C=O) groups is 4. The van der Waals surface area contributed by atoms with Gasteiger partial charge >= 0.3 is 0 Å². The number of benzene rings is 2. The van der Waals surface area contributed by atoms with Gasteiger partial charge in [-0.3, -0.25) is 24.1 Å². The van der Waals surface area contributed by atoms with Gasteiger partial charge in [0.2, 0.25) is 17.6 Å². The maximum absolute atomic E-state index is 15.1. The fraction of sp³-hybridized carbons (Fsp3) is 0.419. The maximum atomic E-state index is 15.1. The van der Waals surface area contributed by atoms with Gasteiger partial charge in [0.1, 0.15) is 11.4 Å². The maximum Gasteiger partial charge on any atom is 0.258 e. The topological polar surface area (TPSA) is 95.0 Å². The number of aromatic hydroxyl groups is 1. The fourth-order valence-electron chi connectivity index (χ4n) is 7.61. The largest absolute Gasteiger partial charge is 0.507 e. The molecule has 1 N–H and O–H groups in total. The van der Waals surface area contributed by atoms with Crippen molar-refractivity contribution < 1.29 is 46.2 Å². The van der Waals surface area contributed by atoms with E-state index >= 15 is 8.78 Å². The van der Waals surface area contributed by atoms with Crippen LogP contribution in [0.2, 0.25) is 0 Å². The van der Waals surface area contributed by atoms with Gasteiger partial charge in [-0.2, -0.15) is 0 Å². The highest BCUT2D eigenvalue weighted by Gasteiger charge is 2.77. The molecule has 0 aromatic heterocycles. The zero-order valence-electron chi connectivity index (χ0n) is 24.0. The van der Waals surface area contributed by atoms with Crippen molar-refractivity contribution in [2.24, 2.45) is 17.8 Å². The van der Waals surface area contributed by atoms with E-state index in [2.05, 4.69) is 0 Å². The molecule has 238 valence electrons. The van der Waals surface area contributed by atoms with Crippen molar-refractivity contribution in [1.82, 2.24) is 4.90 Å². The number of hydrogen-bond acceptors (Lipinski definition) is 5. The highest BCUT2D eigenvalue weighted by molar-refractivity contribution is 6.58. The normalized spacial score (nSPS) is 30.9. The first kappa shape index (κ1) is 31.5. The lowest BCUT2D eigenvalue weighted by atomic mass is 9.56. The van der Waals surface area contributed by atoms with Crippen LogP contribution in [-0.2, 0) is 19.2 Å². The van der Waals surface area contributed by atoms with Crippen LogP contribution in [0.1, 0.15) is 48.8 Å². The SMILES string of the molecule is CCCN1C(=O)C2CC=C3C(CC4(Cl)C(=O)N(c5c(F)c(F)c(F)c(F)c5F)C(=O)C4(Cl)C3c3cc(C)c(O)c(C)c3)C2C1=O. The van der Waals surface area contributed by atoms with Crippen molar-refractivity contribution >= 4 is 52.5 Å². The molecule has 6 unspecified atom stereocenters. The van der Waals surface area contributed by atoms with Crippen LogP contribution >= 0.6 is 23.2 Å². The Morgan fingerprint density at radius 1 is 0.867 bits per heavy atom. The summed E-state index contributed by atoms with van der Waals surface area (Å²) in [7, 11) is 0. The van der Waals surface area contributed by atoms with Crippen LogP contribution in [0, 0.1) is 60.7 Å². The number of phenols is 1. The lowest BCUT2D eigenvalue weighted by molar-refractivity contribution is -0.140. The van der Waals surface area contributed by atoms with Gasteiger partial charge in [-0.25, -0.2) is 26.9 Å². The minimum absolute atomic E-state index is 0.0690. The summed E-state index contributed by atoms with van der Waals surface area (Å²) in [6.45, 7) is 5.03. The van der Waals surface area contributed by atoms with E-state index in [1.54, 1.807) is 26.8 Å². The number of imide groups is 2. The average molecular weight is 671 g/mol. The van der Waals surface area contributed by atoms with Crippen LogP contribution in [0.5, 0.6) is 5.75 Å². The van der Waals surface area contributed by atoms with Gasteiger partial charge in [-0.1, -0.05) is 30.7 Å². The molecule has 1 saturated carbocycles. The number of phenolic OH excluding ortho intramolecular Hbond substituents is 1. The van der Waals surface area contributed by atoms with Crippen molar-refractivity contribution in [1.29, 1.82) is 0 Å². The molecule has 2 aromatic rings. The Balaban J connectivity index is 1.61. The van der Waals surface area contributed by atoms with E-state index in [1.165, 1.54) is 12.1 Å². The molecule has 0 spiro atoms. The Bertz CT molecular complexity index is 1730. The molecule has 2 aliphatic carbocycles. The second-order valence-electron chi connectivity index (χ2n) is 12.0. The molecule has 4 aliphatic rings. The van der Waals surface area contributed by atoms with Gasteiger partial charge in [0, 0.05) is 12.5 Å². The fourth-order valence-corrected chi connectivity index (χ4v) is 8.54. The van der Waals surface area contributed by atoms with Crippen LogP contribution in [0.4, 0.5) is 27.6 Å². The number of nitrogens with zero attached hydrogens (tertiary/aromatic N) is 2.